The van der Waals surface area contributed by atoms with Crippen molar-refractivity contribution in [2.75, 3.05) is 0 Å². The molecular weight excluding hydrogens is 687 g/mol. The average molecular weight is 757 g/mol. The minimum atomic E-state index is 0. The summed E-state index contributed by atoms with van der Waals surface area (Å²) < 4.78 is 0. The summed E-state index contributed by atoms with van der Waals surface area (Å²) in [5.74, 6) is 9.84. The Labute approximate surface area is 318 Å². The Hall–Kier alpha value is -2.44. The summed E-state index contributed by atoms with van der Waals surface area (Å²) >= 11 is 0. The molecule has 0 radical (unpaired) electrons. The molecule has 0 aliphatic heterocycles. The van der Waals surface area contributed by atoms with Gasteiger partial charge in [0.15, 0.2) is 0 Å². The fourth-order valence-corrected chi connectivity index (χ4v) is 5.12. The zero-order valence-corrected chi connectivity index (χ0v) is 33.9. The Bertz CT molecular complexity index is 1220. The number of unbranched alkanes of at least 4 members (excludes halogenated alkanes) is 11. The first kappa shape index (κ1) is 48.7. The summed E-state index contributed by atoms with van der Waals surface area (Å²) in [4.78, 5) is 3.35. The van der Waals surface area contributed by atoms with Crippen molar-refractivity contribution in [3.63, 3.8) is 0 Å². The molecule has 0 atom stereocenters. The van der Waals surface area contributed by atoms with E-state index in [1.54, 1.807) is 0 Å². The quantitative estimate of drug-likeness (QED) is 0.0189. The van der Waals surface area contributed by atoms with E-state index in [1.807, 2.05) is 0 Å². The van der Waals surface area contributed by atoms with Gasteiger partial charge in [-0.25, -0.2) is 0 Å². The molecule has 2 aromatic carbocycles. The number of aryl methyl sites for hydroxylation is 2. The van der Waals surface area contributed by atoms with Crippen molar-refractivity contribution in [1.29, 1.82) is 0 Å². The van der Waals surface area contributed by atoms with Gasteiger partial charge in [0.2, 0.25) is 0 Å². The molecule has 2 nitrogen and oxygen atoms in total. The molecule has 0 unspecified atom stereocenters. The molecule has 49 heavy (non-hydrogen) atoms. The Morgan fingerprint density at radius 1 is 0.592 bits per heavy atom. The number of hydrogen-bond donors (Lipinski definition) is 0. The van der Waals surface area contributed by atoms with Crippen LogP contribution in [0.4, 0.5) is 0 Å². The van der Waals surface area contributed by atoms with E-state index in [0.29, 0.717) is 0 Å². The molecule has 0 aliphatic rings. The van der Waals surface area contributed by atoms with Gasteiger partial charge in [-0.3, -0.25) is 0 Å². The summed E-state index contributed by atoms with van der Waals surface area (Å²) in [5.41, 5.74) is 17.5. The van der Waals surface area contributed by atoms with Crippen molar-refractivity contribution >= 4 is 11.4 Å². The predicted octanol–water partition coefficient (Wildman–Crippen LogP) is 14.2. The summed E-state index contributed by atoms with van der Waals surface area (Å²) in [6, 6.07) is 18.0. The van der Waals surface area contributed by atoms with Crippen LogP contribution in [0.25, 0.3) is 11.1 Å². The number of allylic oxidation sites excluding steroid dienone is 2. The Morgan fingerprint density at radius 3 is 1.47 bits per heavy atom. The number of hydrogen-bond acceptors (Lipinski definition) is 0. The van der Waals surface area contributed by atoms with Gasteiger partial charge < -0.3 is 19.4 Å². The van der Waals surface area contributed by atoms with E-state index in [4.69, 9.17) is 0 Å². The maximum Gasteiger partial charge on any atom is 2.00 e. The van der Waals surface area contributed by atoms with Gasteiger partial charge in [-0.2, -0.15) is 12.8 Å². The minimum absolute atomic E-state index is 0. The van der Waals surface area contributed by atoms with Gasteiger partial charge in [0.1, 0.15) is 0 Å². The molecule has 0 aliphatic carbocycles. The second-order valence-corrected chi connectivity index (χ2v) is 12.7. The maximum absolute atomic E-state index is 9.52. The Morgan fingerprint density at radius 2 is 1.06 bits per heavy atom. The van der Waals surface area contributed by atoms with Crippen LogP contribution in [0.1, 0.15) is 179 Å². The molecule has 0 spiro atoms. The SMILES string of the molecule is CCCCC#CC(C(=C=[N+]=[N-])CCCC)=C(c1ccc(CCCC)cc1)c1ccc(CCCCCC)cc1.[CH2-]CCCC.[CH2-]CCCC.[Pd+2]. The van der Waals surface area contributed by atoms with E-state index in [-0.39, 0.29) is 20.4 Å². The fourth-order valence-electron chi connectivity index (χ4n) is 5.12. The van der Waals surface area contributed by atoms with Gasteiger partial charge in [0, 0.05) is 12.0 Å². The number of nitrogens with zero attached hydrogens (tertiary/aromatic N) is 2. The topological polar surface area (TPSA) is 36.4 Å². The Balaban J connectivity index is 0. The fraction of sp³-hybridized carbons (Fsp3) is 0.565. The third-order valence-electron chi connectivity index (χ3n) is 8.22. The second kappa shape index (κ2) is 35.4. The third-order valence-corrected chi connectivity index (χ3v) is 8.22. The Kier molecular flexibility index (Phi) is 35.2. The molecule has 0 fully saturated rings. The average Bonchev–Trinajstić information content (AvgIpc) is 3.11. The largest absolute Gasteiger partial charge is 2.00 e. The zero-order chi connectivity index (χ0) is 35.7. The molecule has 0 amide bonds. The third kappa shape index (κ3) is 23.6. The summed E-state index contributed by atoms with van der Waals surface area (Å²) in [5, 5.41) is 0. The number of benzene rings is 2. The normalized spacial score (nSPS) is 10.4. The summed E-state index contributed by atoms with van der Waals surface area (Å²) in [7, 11) is 0. The molecule has 0 bridgehead atoms. The molecule has 0 heterocycles. The number of rotatable bonds is 20. The van der Waals surface area contributed by atoms with Crippen molar-refractivity contribution in [2.24, 2.45) is 0 Å². The van der Waals surface area contributed by atoms with Crippen LogP contribution in [0, 0.1) is 25.7 Å². The van der Waals surface area contributed by atoms with Crippen LogP contribution in [0.3, 0.4) is 0 Å². The van der Waals surface area contributed by atoms with E-state index in [1.165, 1.54) is 75.3 Å². The van der Waals surface area contributed by atoms with E-state index >= 15 is 0 Å². The van der Waals surface area contributed by atoms with E-state index in [0.717, 1.165) is 92.1 Å². The molecule has 3 heteroatoms. The van der Waals surface area contributed by atoms with Crippen molar-refractivity contribution in [2.45, 2.75) is 170 Å². The maximum atomic E-state index is 9.52. The monoisotopic (exact) mass is 756 g/mol. The summed E-state index contributed by atoms with van der Waals surface area (Å²) in [6.45, 7) is 20.6. The molecule has 274 valence electrons. The van der Waals surface area contributed by atoms with Gasteiger partial charge in [0.05, 0.1) is 11.1 Å². The van der Waals surface area contributed by atoms with Crippen LogP contribution in [-0.4, -0.2) is 10.7 Å². The van der Waals surface area contributed by atoms with Gasteiger partial charge in [-0.1, -0.05) is 166 Å². The second-order valence-electron chi connectivity index (χ2n) is 12.7. The van der Waals surface area contributed by atoms with E-state index < -0.39 is 0 Å². The predicted molar refractivity (Wildman–Crippen MR) is 214 cm³/mol. The molecule has 2 aromatic rings. The van der Waals surface area contributed by atoms with Gasteiger partial charge in [0.25, 0.3) is 0 Å². The van der Waals surface area contributed by atoms with Gasteiger partial charge >= 0.3 is 26.3 Å². The summed E-state index contributed by atoms with van der Waals surface area (Å²) in [6.07, 6.45) is 22.9. The van der Waals surface area contributed by atoms with Crippen LogP contribution < -0.4 is 0 Å². The molecule has 0 aromatic heterocycles. The van der Waals surface area contributed by atoms with Gasteiger partial charge in [-0.15, -0.1) is 4.79 Å². The van der Waals surface area contributed by atoms with Crippen LogP contribution >= 0.6 is 0 Å². The molecule has 2 rings (SSSR count). The standard InChI is InChI=1S/C36H48N2.2C5H11.Pd/c1-5-9-13-15-18-31-23-27-33(28-24-31)36(32-25-21-30(22-26-32)17-11-7-3)35(20-16-14-10-6-2)34(29-38-37)19-12-8-4;2*1-3-5-4-2;/h21-28H,5-15,17-19H2,1-4H3;2*1,3-5H2,2H3;/q;2*-1;+2. The molecular formula is C46H70N2Pd. The van der Waals surface area contributed by atoms with Gasteiger partial charge in [-0.05, 0) is 67.2 Å². The smallest absolute Gasteiger partial charge is 0.348 e. The molecule has 0 saturated heterocycles. The van der Waals surface area contributed by atoms with Crippen LogP contribution in [-0.2, 0) is 33.3 Å². The van der Waals surface area contributed by atoms with Crippen molar-refractivity contribution in [1.82, 2.24) is 0 Å². The zero-order valence-electron chi connectivity index (χ0n) is 32.4. The molecule has 0 saturated carbocycles. The van der Waals surface area contributed by atoms with Crippen molar-refractivity contribution < 1.29 is 25.2 Å². The first-order chi connectivity index (χ1) is 23.5. The van der Waals surface area contributed by atoms with Crippen LogP contribution in [0.5, 0.6) is 0 Å². The van der Waals surface area contributed by atoms with Crippen molar-refractivity contribution in [3.05, 3.63) is 101 Å². The van der Waals surface area contributed by atoms with E-state index in [9.17, 15) is 5.53 Å². The first-order valence-corrected chi connectivity index (χ1v) is 19.5. The van der Waals surface area contributed by atoms with Crippen LogP contribution in [0.2, 0.25) is 0 Å². The van der Waals surface area contributed by atoms with Crippen LogP contribution in [0.15, 0.2) is 59.7 Å². The minimum Gasteiger partial charge on any atom is -0.348 e. The van der Waals surface area contributed by atoms with E-state index in [2.05, 4.69) is 126 Å². The van der Waals surface area contributed by atoms with Crippen molar-refractivity contribution in [3.8, 4) is 11.8 Å². The molecule has 0 N–H and O–H groups in total. The first-order valence-electron chi connectivity index (χ1n) is 19.5.